The molecule has 110 valence electrons. The molecule has 0 saturated carbocycles. The number of anilines is 1. The van der Waals surface area contributed by atoms with E-state index in [9.17, 15) is 9.59 Å². The highest BCUT2D eigenvalue weighted by Crippen LogP contribution is 2.22. The largest absolute Gasteiger partial charge is 0.468 e. The SMILES string of the molecule is COC(=O)CN(C(=O)[C@H](N)c1cccs1)c1ccccc1. The molecule has 0 aliphatic carbocycles. The fourth-order valence-corrected chi connectivity index (χ4v) is 2.57. The van der Waals surface area contributed by atoms with Gasteiger partial charge in [0.2, 0.25) is 5.91 Å². The van der Waals surface area contributed by atoms with Crippen molar-refractivity contribution in [3.63, 3.8) is 0 Å². The van der Waals surface area contributed by atoms with Crippen LogP contribution in [0.5, 0.6) is 0 Å². The zero-order chi connectivity index (χ0) is 15.2. The Morgan fingerprint density at radius 1 is 1.24 bits per heavy atom. The van der Waals surface area contributed by atoms with Gasteiger partial charge in [0.15, 0.2) is 0 Å². The standard InChI is InChI=1S/C15H16N2O3S/c1-20-13(18)10-17(11-6-3-2-4-7-11)15(19)14(16)12-8-5-9-21-12/h2-9,14H,10,16H2,1H3/t14-/m1/s1. The van der Waals surface area contributed by atoms with Gasteiger partial charge >= 0.3 is 5.97 Å². The molecule has 0 fully saturated rings. The number of rotatable bonds is 5. The van der Waals surface area contributed by atoms with Crippen molar-refractivity contribution in [1.29, 1.82) is 0 Å². The fraction of sp³-hybridized carbons (Fsp3) is 0.200. The summed E-state index contributed by atoms with van der Waals surface area (Å²) in [4.78, 5) is 26.2. The second-order valence-corrected chi connectivity index (χ2v) is 5.31. The maximum absolute atomic E-state index is 12.6. The van der Waals surface area contributed by atoms with Gasteiger partial charge in [-0.15, -0.1) is 11.3 Å². The van der Waals surface area contributed by atoms with Gasteiger partial charge in [0.25, 0.3) is 0 Å². The average Bonchev–Trinajstić information content (AvgIpc) is 3.06. The summed E-state index contributed by atoms with van der Waals surface area (Å²) >= 11 is 1.41. The van der Waals surface area contributed by atoms with Crippen LogP contribution in [-0.2, 0) is 14.3 Å². The maximum atomic E-state index is 12.6. The zero-order valence-corrected chi connectivity index (χ0v) is 12.4. The third-order valence-electron chi connectivity index (χ3n) is 2.96. The van der Waals surface area contributed by atoms with E-state index in [4.69, 9.17) is 5.73 Å². The van der Waals surface area contributed by atoms with Crippen molar-refractivity contribution in [2.45, 2.75) is 6.04 Å². The van der Waals surface area contributed by atoms with Gasteiger partial charge in [-0.05, 0) is 23.6 Å². The number of esters is 1. The van der Waals surface area contributed by atoms with Crippen LogP contribution >= 0.6 is 11.3 Å². The fourth-order valence-electron chi connectivity index (χ4n) is 1.86. The van der Waals surface area contributed by atoms with E-state index in [1.165, 1.54) is 23.3 Å². The van der Waals surface area contributed by atoms with E-state index in [1.54, 1.807) is 30.3 Å². The van der Waals surface area contributed by atoms with Crippen LogP contribution in [0.3, 0.4) is 0 Å². The van der Waals surface area contributed by atoms with Crippen LogP contribution in [0.2, 0.25) is 0 Å². The Bertz CT molecular complexity index is 599. The topological polar surface area (TPSA) is 72.6 Å². The molecule has 0 saturated heterocycles. The Labute approximate surface area is 126 Å². The van der Waals surface area contributed by atoms with Crippen molar-refractivity contribution < 1.29 is 14.3 Å². The molecule has 1 atom stereocenters. The Kier molecular flexibility index (Phi) is 5.08. The van der Waals surface area contributed by atoms with E-state index in [0.29, 0.717) is 5.69 Å². The molecule has 2 rings (SSSR count). The highest BCUT2D eigenvalue weighted by atomic mass is 32.1. The Hall–Kier alpha value is -2.18. The van der Waals surface area contributed by atoms with E-state index in [-0.39, 0.29) is 12.5 Å². The number of thiophene rings is 1. The number of ether oxygens (including phenoxy) is 1. The lowest BCUT2D eigenvalue weighted by Gasteiger charge is -2.24. The molecular weight excluding hydrogens is 288 g/mol. The quantitative estimate of drug-likeness (QED) is 0.857. The van der Waals surface area contributed by atoms with Crippen molar-refractivity contribution in [3.05, 3.63) is 52.7 Å². The van der Waals surface area contributed by atoms with Gasteiger partial charge in [0.05, 0.1) is 7.11 Å². The first-order valence-electron chi connectivity index (χ1n) is 6.35. The minimum atomic E-state index is -0.796. The van der Waals surface area contributed by atoms with Crippen LogP contribution in [0.25, 0.3) is 0 Å². The van der Waals surface area contributed by atoms with Crippen LogP contribution in [0.4, 0.5) is 5.69 Å². The molecule has 2 N–H and O–H groups in total. The van der Waals surface area contributed by atoms with E-state index >= 15 is 0 Å². The van der Waals surface area contributed by atoms with Gasteiger partial charge in [0, 0.05) is 10.6 Å². The van der Waals surface area contributed by atoms with Gasteiger partial charge in [0.1, 0.15) is 12.6 Å². The van der Waals surface area contributed by atoms with Crippen molar-refractivity contribution in [2.75, 3.05) is 18.6 Å². The number of nitrogens with two attached hydrogens (primary N) is 1. The normalized spacial score (nSPS) is 11.7. The second kappa shape index (κ2) is 7.01. The summed E-state index contributed by atoms with van der Waals surface area (Å²) < 4.78 is 4.65. The predicted molar refractivity (Wildman–Crippen MR) is 82.1 cm³/mol. The molecular formula is C15H16N2O3S. The molecule has 21 heavy (non-hydrogen) atoms. The van der Waals surface area contributed by atoms with Crippen LogP contribution in [-0.4, -0.2) is 25.5 Å². The summed E-state index contributed by atoms with van der Waals surface area (Å²) in [6.07, 6.45) is 0. The number of carbonyl (C=O) groups excluding carboxylic acids is 2. The first-order chi connectivity index (χ1) is 10.1. The van der Waals surface area contributed by atoms with Crippen LogP contribution in [0.15, 0.2) is 47.8 Å². The summed E-state index contributed by atoms with van der Waals surface area (Å²) in [5, 5.41) is 1.86. The molecule has 0 spiro atoms. The molecule has 0 aliphatic rings. The van der Waals surface area contributed by atoms with Gasteiger partial charge in [-0.25, -0.2) is 0 Å². The molecule has 0 aliphatic heterocycles. The molecule has 0 radical (unpaired) electrons. The smallest absolute Gasteiger partial charge is 0.325 e. The molecule has 6 heteroatoms. The molecule has 0 bridgehead atoms. The number of methoxy groups -OCH3 is 1. The number of carbonyl (C=O) groups is 2. The summed E-state index contributed by atoms with van der Waals surface area (Å²) in [6, 6.07) is 11.8. The number of benzene rings is 1. The highest BCUT2D eigenvalue weighted by molar-refractivity contribution is 7.10. The highest BCUT2D eigenvalue weighted by Gasteiger charge is 2.26. The van der Waals surface area contributed by atoms with E-state index in [0.717, 1.165) is 4.88 Å². The second-order valence-electron chi connectivity index (χ2n) is 4.33. The summed E-state index contributed by atoms with van der Waals surface area (Å²) in [7, 11) is 1.29. The number of para-hydroxylation sites is 1. The Balaban J connectivity index is 2.26. The number of hydrogen-bond donors (Lipinski definition) is 1. The lowest BCUT2D eigenvalue weighted by molar-refractivity contribution is -0.140. The van der Waals surface area contributed by atoms with Crippen molar-refractivity contribution in [3.8, 4) is 0 Å². The average molecular weight is 304 g/mol. The van der Waals surface area contributed by atoms with Crippen LogP contribution in [0.1, 0.15) is 10.9 Å². The Morgan fingerprint density at radius 3 is 2.52 bits per heavy atom. The summed E-state index contributed by atoms with van der Waals surface area (Å²) in [6.45, 7) is -0.168. The van der Waals surface area contributed by atoms with Crippen molar-refractivity contribution in [2.24, 2.45) is 5.73 Å². The summed E-state index contributed by atoms with van der Waals surface area (Å²) in [5.74, 6) is -0.834. The first kappa shape index (κ1) is 15.2. The van der Waals surface area contributed by atoms with E-state index < -0.39 is 12.0 Å². The number of hydrogen-bond acceptors (Lipinski definition) is 5. The lowest BCUT2D eigenvalue weighted by atomic mass is 10.2. The van der Waals surface area contributed by atoms with Gasteiger partial charge in [-0.2, -0.15) is 0 Å². The minimum Gasteiger partial charge on any atom is -0.468 e. The lowest BCUT2D eigenvalue weighted by Crippen LogP contribution is -2.41. The maximum Gasteiger partial charge on any atom is 0.325 e. The van der Waals surface area contributed by atoms with E-state index in [2.05, 4.69) is 4.74 Å². The van der Waals surface area contributed by atoms with Crippen molar-refractivity contribution >= 4 is 28.9 Å². The predicted octanol–water partition coefficient (Wildman–Crippen LogP) is 1.95. The monoisotopic (exact) mass is 304 g/mol. The molecule has 2 aromatic rings. The first-order valence-corrected chi connectivity index (χ1v) is 7.23. The number of nitrogens with zero attached hydrogens (tertiary/aromatic N) is 1. The third kappa shape index (κ3) is 3.68. The molecule has 1 aromatic heterocycles. The van der Waals surface area contributed by atoms with Gasteiger partial charge in [-0.1, -0.05) is 24.3 Å². The number of amides is 1. The third-order valence-corrected chi connectivity index (χ3v) is 3.92. The molecule has 1 aromatic carbocycles. The van der Waals surface area contributed by atoms with Gasteiger partial charge < -0.3 is 10.5 Å². The van der Waals surface area contributed by atoms with Gasteiger partial charge in [-0.3, -0.25) is 14.5 Å². The Morgan fingerprint density at radius 2 is 1.95 bits per heavy atom. The van der Waals surface area contributed by atoms with E-state index in [1.807, 2.05) is 17.5 Å². The molecule has 1 heterocycles. The zero-order valence-electron chi connectivity index (χ0n) is 11.6. The van der Waals surface area contributed by atoms with Crippen LogP contribution < -0.4 is 10.6 Å². The van der Waals surface area contributed by atoms with Crippen molar-refractivity contribution in [1.82, 2.24) is 0 Å². The molecule has 0 unspecified atom stereocenters. The molecule has 5 nitrogen and oxygen atoms in total. The minimum absolute atomic E-state index is 0.168. The summed E-state index contributed by atoms with van der Waals surface area (Å²) in [5.41, 5.74) is 6.62. The molecule has 1 amide bonds. The van der Waals surface area contributed by atoms with Crippen LogP contribution in [0, 0.1) is 0 Å².